The molecule has 1 aromatic rings. The molecule has 0 atom stereocenters. The molecular formula is C12H13NO5. The third-order valence-corrected chi connectivity index (χ3v) is 2.08. The number of carbonyl (C=O) groups excluding carboxylic acids is 3. The summed E-state index contributed by atoms with van der Waals surface area (Å²) >= 11 is 0. The lowest BCUT2D eigenvalue weighted by molar-refractivity contribution is -0.139. The minimum Gasteiger partial charge on any atom is -0.468 e. The third-order valence-electron chi connectivity index (χ3n) is 2.08. The van der Waals surface area contributed by atoms with Crippen molar-refractivity contribution in [1.29, 1.82) is 0 Å². The van der Waals surface area contributed by atoms with Crippen LogP contribution in [0.15, 0.2) is 24.3 Å². The summed E-state index contributed by atoms with van der Waals surface area (Å²) in [4.78, 5) is 33.8. The summed E-state index contributed by atoms with van der Waals surface area (Å²) in [5.41, 5.74) is 0.506. The predicted octanol–water partition coefficient (Wildman–Crippen LogP) is 0.748. The standard InChI is InChI=1S/C12H13NO5/c1-9(15)18-11-5-3-10(4-6-11)13(8-14)7-12(16)17-2/h3-6,8H,7H2,1-2H3. The van der Waals surface area contributed by atoms with Crippen molar-refractivity contribution in [1.82, 2.24) is 0 Å². The molecular weight excluding hydrogens is 238 g/mol. The number of amides is 1. The number of hydrogen-bond donors (Lipinski definition) is 0. The molecule has 18 heavy (non-hydrogen) atoms. The van der Waals surface area contributed by atoms with E-state index in [-0.39, 0.29) is 6.54 Å². The Kier molecular flexibility index (Phi) is 4.86. The van der Waals surface area contributed by atoms with Crippen molar-refractivity contribution < 1.29 is 23.9 Å². The van der Waals surface area contributed by atoms with Gasteiger partial charge < -0.3 is 14.4 Å². The first-order valence-corrected chi connectivity index (χ1v) is 5.14. The molecule has 0 aliphatic carbocycles. The van der Waals surface area contributed by atoms with Crippen molar-refractivity contribution in [2.75, 3.05) is 18.6 Å². The van der Waals surface area contributed by atoms with Crippen LogP contribution in [0.3, 0.4) is 0 Å². The van der Waals surface area contributed by atoms with Crippen LogP contribution in [0.25, 0.3) is 0 Å². The number of esters is 2. The highest BCUT2D eigenvalue weighted by Crippen LogP contribution is 2.18. The highest BCUT2D eigenvalue weighted by molar-refractivity contribution is 5.85. The Balaban J connectivity index is 2.78. The minimum absolute atomic E-state index is 0.174. The average Bonchev–Trinajstić information content (AvgIpc) is 2.36. The van der Waals surface area contributed by atoms with Gasteiger partial charge in [0.2, 0.25) is 6.41 Å². The third kappa shape index (κ3) is 3.89. The van der Waals surface area contributed by atoms with Gasteiger partial charge in [0, 0.05) is 12.6 Å². The maximum atomic E-state index is 11.1. The first kappa shape index (κ1) is 13.7. The molecule has 0 bridgehead atoms. The van der Waals surface area contributed by atoms with Crippen LogP contribution < -0.4 is 9.64 Å². The SMILES string of the molecule is COC(=O)CN(C=O)c1ccc(OC(C)=O)cc1. The first-order valence-electron chi connectivity index (χ1n) is 5.14. The number of ether oxygens (including phenoxy) is 2. The lowest BCUT2D eigenvalue weighted by atomic mass is 10.3. The molecule has 0 aliphatic heterocycles. The topological polar surface area (TPSA) is 72.9 Å². The van der Waals surface area contributed by atoms with E-state index in [1.165, 1.54) is 31.1 Å². The Labute approximate surface area is 104 Å². The minimum atomic E-state index is -0.522. The van der Waals surface area contributed by atoms with Crippen molar-refractivity contribution in [3.63, 3.8) is 0 Å². The fourth-order valence-electron chi connectivity index (χ4n) is 1.26. The van der Waals surface area contributed by atoms with E-state index in [0.29, 0.717) is 17.8 Å². The second-order valence-electron chi connectivity index (χ2n) is 3.40. The van der Waals surface area contributed by atoms with Crippen LogP contribution in [0.1, 0.15) is 6.92 Å². The van der Waals surface area contributed by atoms with Gasteiger partial charge in [0.15, 0.2) is 0 Å². The van der Waals surface area contributed by atoms with Crippen molar-refractivity contribution in [3.8, 4) is 5.75 Å². The second-order valence-corrected chi connectivity index (χ2v) is 3.40. The van der Waals surface area contributed by atoms with Gasteiger partial charge in [0.05, 0.1) is 7.11 Å². The lowest BCUT2D eigenvalue weighted by Gasteiger charge is -2.15. The van der Waals surface area contributed by atoms with Gasteiger partial charge in [0.1, 0.15) is 12.3 Å². The molecule has 0 heterocycles. The molecule has 0 N–H and O–H groups in total. The van der Waals surface area contributed by atoms with Gasteiger partial charge in [-0.25, -0.2) is 0 Å². The molecule has 1 amide bonds. The van der Waals surface area contributed by atoms with E-state index >= 15 is 0 Å². The number of carbonyl (C=O) groups is 3. The van der Waals surface area contributed by atoms with Crippen LogP contribution in [-0.2, 0) is 19.1 Å². The fourth-order valence-corrected chi connectivity index (χ4v) is 1.26. The molecule has 0 fully saturated rings. The zero-order chi connectivity index (χ0) is 13.5. The van der Waals surface area contributed by atoms with Crippen LogP contribution in [0, 0.1) is 0 Å². The van der Waals surface area contributed by atoms with E-state index < -0.39 is 11.9 Å². The Bertz CT molecular complexity index is 440. The maximum absolute atomic E-state index is 11.1. The van der Waals surface area contributed by atoms with Crippen LogP contribution >= 0.6 is 0 Å². The van der Waals surface area contributed by atoms with Crippen LogP contribution in [0.2, 0.25) is 0 Å². The molecule has 1 aromatic carbocycles. The Morgan fingerprint density at radius 2 is 1.89 bits per heavy atom. The quantitative estimate of drug-likeness (QED) is 0.438. The predicted molar refractivity (Wildman–Crippen MR) is 63.2 cm³/mol. The van der Waals surface area contributed by atoms with Gasteiger partial charge in [-0.15, -0.1) is 0 Å². The highest BCUT2D eigenvalue weighted by atomic mass is 16.5. The van der Waals surface area contributed by atoms with E-state index in [2.05, 4.69) is 4.74 Å². The molecule has 96 valence electrons. The summed E-state index contributed by atoms with van der Waals surface area (Å²) < 4.78 is 9.32. The largest absolute Gasteiger partial charge is 0.468 e. The van der Waals surface area contributed by atoms with E-state index in [9.17, 15) is 14.4 Å². The Morgan fingerprint density at radius 3 is 2.33 bits per heavy atom. The van der Waals surface area contributed by atoms with Crippen LogP contribution in [0.5, 0.6) is 5.75 Å². The second kappa shape index (κ2) is 6.39. The smallest absolute Gasteiger partial charge is 0.325 e. The van der Waals surface area contributed by atoms with Crippen molar-refractivity contribution >= 4 is 24.0 Å². The van der Waals surface area contributed by atoms with Gasteiger partial charge >= 0.3 is 11.9 Å². The number of benzene rings is 1. The zero-order valence-electron chi connectivity index (χ0n) is 10.1. The molecule has 6 nitrogen and oxygen atoms in total. The van der Waals surface area contributed by atoms with Gasteiger partial charge in [-0.3, -0.25) is 14.4 Å². The average molecular weight is 251 g/mol. The number of hydrogen-bond acceptors (Lipinski definition) is 5. The molecule has 0 spiro atoms. The number of anilines is 1. The van der Waals surface area contributed by atoms with Gasteiger partial charge in [-0.1, -0.05) is 0 Å². The molecule has 0 unspecified atom stereocenters. The van der Waals surface area contributed by atoms with E-state index in [0.717, 1.165) is 0 Å². The summed E-state index contributed by atoms with van der Waals surface area (Å²) in [6.45, 7) is 1.12. The Morgan fingerprint density at radius 1 is 1.28 bits per heavy atom. The number of nitrogens with zero attached hydrogens (tertiary/aromatic N) is 1. The molecule has 0 radical (unpaired) electrons. The summed E-state index contributed by atoms with van der Waals surface area (Å²) in [6, 6.07) is 6.19. The normalized spacial score (nSPS) is 9.44. The Hall–Kier alpha value is -2.37. The summed E-state index contributed by atoms with van der Waals surface area (Å²) in [7, 11) is 1.25. The van der Waals surface area contributed by atoms with Crippen molar-refractivity contribution in [3.05, 3.63) is 24.3 Å². The molecule has 0 saturated carbocycles. The monoisotopic (exact) mass is 251 g/mol. The summed E-state index contributed by atoms with van der Waals surface area (Å²) in [5, 5.41) is 0. The van der Waals surface area contributed by atoms with E-state index in [1.807, 2.05) is 0 Å². The number of methoxy groups -OCH3 is 1. The fraction of sp³-hybridized carbons (Fsp3) is 0.250. The molecule has 0 aliphatic rings. The zero-order valence-corrected chi connectivity index (χ0v) is 10.1. The maximum Gasteiger partial charge on any atom is 0.325 e. The summed E-state index contributed by atoms with van der Waals surface area (Å²) in [5.74, 6) is -0.578. The highest BCUT2D eigenvalue weighted by Gasteiger charge is 2.11. The van der Waals surface area contributed by atoms with Crippen LogP contribution in [-0.4, -0.2) is 32.0 Å². The van der Waals surface area contributed by atoms with E-state index in [4.69, 9.17) is 4.74 Å². The van der Waals surface area contributed by atoms with Crippen molar-refractivity contribution in [2.45, 2.75) is 6.92 Å². The molecule has 0 saturated heterocycles. The summed E-state index contributed by atoms with van der Waals surface area (Å²) in [6.07, 6.45) is 0.526. The molecule has 0 aromatic heterocycles. The van der Waals surface area contributed by atoms with Crippen LogP contribution in [0.4, 0.5) is 5.69 Å². The van der Waals surface area contributed by atoms with Gasteiger partial charge in [-0.05, 0) is 24.3 Å². The van der Waals surface area contributed by atoms with E-state index in [1.54, 1.807) is 12.1 Å². The molecule has 1 rings (SSSR count). The molecule has 6 heteroatoms. The lowest BCUT2D eigenvalue weighted by Crippen LogP contribution is -2.29. The number of rotatable bonds is 5. The van der Waals surface area contributed by atoms with Crippen molar-refractivity contribution in [2.24, 2.45) is 0 Å². The first-order chi connectivity index (χ1) is 8.56. The van der Waals surface area contributed by atoms with Gasteiger partial charge in [0.25, 0.3) is 0 Å². The van der Waals surface area contributed by atoms with Gasteiger partial charge in [-0.2, -0.15) is 0 Å².